The Hall–Kier alpha value is -0.930. The summed E-state index contributed by atoms with van der Waals surface area (Å²) in [5.41, 5.74) is -0.208. The smallest absolute Gasteiger partial charge is 0.266 e. The number of anilines is 1. The molecule has 2 aromatic rings. The molecule has 0 fully saturated rings. The zero-order valence-corrected chi connectivity index (χ0v) is 12.2. The van der Waals surface area contributed by atoms with Crippen LogP contribution in [0, 0.1) is 0 Å². The van der Waals surface area contributed by atoms with Crippen LogP contribution in [0.3, 0.4) is 0 Å². The van der Waals surface area contributed by atoms with E-state index in [1.165, 1.54) is 29.4 Å². The van der Waals surface area contributed by atoms with E-state index in [0.29, 0.717) is 9.50 Å². The summed E-state index contributed by atoms with van der Waals surface area (Å²) in [7, 11) is 3.80. The van der Waals surface area contributed by atoms with Crippen molar-refractivity contribution in [3.05, 3.63) is 21.2 Å². The second-order valence-electron chi connectivity index (χ2n) is 3.20. The Kier molecular flexibility index (Phi) is 3.79. The second-order valence-corrected chi connectivity index (χ2v) is 6.18. The van der Waals surface area contributed by atoms with Gasteiger partial charge in [0, 0.05) is 14.1 Å². The average Bonchev–Trinajstić information content (AvgIpc) is 2.73. The molecular formula is C8H8BrN5OS2. The van der Waals surface area contributed by atoms with Gasteiger partial charge in [-0.25, -0.2) is 4.98 Å². The summed E-state index contributed by atoms with van der Waals surface area (Å²) >= 11 is 5.94. The fourth-order valence-corrected chi connectivity index (χ4v) is 3.07. The van der Waals surface area contributed by atoms with E-state index >= 15 is 0 Å². The minimum Gasteiger partial charge on any atom is -0.353 e. The van der Waals surface area contributed by atoms with Gasteiger partial charge in [0.1, 0.15) is 9.50 Å². The predicted molar refractivity (Wildman–Crippen MR) is 70.9 cm³/mol. The maximum atomic E-state index is 11.3. The van der Waals surface area contributed by atoms with Crippen molar-refractivity contribution in [1.82, 2.24) is 20.2 Å². The highest BCUT2D eigenvalue weighted by Gasteiger charge is 2.12. The summed E-state index contributed by atoms with van der Waals surface area (Å²) in [4.78, 5) is 19.8. The quantitative estimate of drug-likeness (QED) is 0.860. The molecule has 1 N–H and O–H groups in total. The Bertz CT molecular complexity index is 581. The summed E-state index contributed by atoms with van der Waals surface area (Å²) in [6.07, 6.45) is 1.36. The zero-order chi connectivity index (χ0) is 12.4. The maximum absolute atomic E-state index is 11.3. The summed E-state index contributed by atoms with van der Waals surface area (Å²) in [6.45, 7) is 0. The van der Waals surface area contributed by atoms with Gasteiger partial charge in [-0.1, -0.05) is 11.3 Å². The van der Waals surface area contributed by atoms with E-state index < -0.39 is 0 Å². The van der Waals surface area contributed by atoms with Crippen LogP contribution in [0.1, 0.15) is 0 Å². The first-order valence-electron chi connectivity index (χ1n) is 4.50. The molecule has 0 unspecified atom stereocenters. The first-order valence-corrected chi connectivity index (χ1v) is 6.92. The van der Waals surface area contributed by atoms with Crippen LogP contribution in [0.15, 0.2) is 25.0 Å². The molecule has 0 radical (unpaired) electrons. The van der Waals surface area contributed by atoms with E-state index in [4.69, 9.17) is 0 Å². The van der Waals surface area contributed by atoms with Crippen molar-refractivity contribution in [3.63, 3.8) is 0 Å². The molecule has 0 aliphatic rings. The van der Waals surface area contributed by atoms with Crippen LogP contribution < -0.4 is 10.5 Å². The molecule has 0 aliphatic heterocycles. The number of halogens is 1. The molecule has 0 aliphatic carbocycles. The van der Waals surface area contributed by atoms with Crippen LogP contribution in [0.4, 0.5) is 5.13 Å². The Balaban J connectivity index is 2.25. The Labute approximate surface area is 114 Å². The highest BCUT2D eigenvalue weighted by atomic mass is 79.9. The molecule has 2 rings (SSSR count). The van der Waals surface area contributed by atoms with Crippen LogP contribution in [0.2, 0.25) is 0 Å². The number of H-pyrrole nitrogens is 1. The van der Waals surface area contributed by atoms with Gasteiger partial charge in [-0.05, 0) is 27.7 Å². The molecule has 9 heteroatoms. The van der Waals surface area contributed by atoms with Crippen molar-refractivity contribution < 1.29 is 0 Å². The summed E-state index contributed by atoms with van der Waals surface area (Å²) in [6, 6.07) is 0. The molecule has 0 saturated heterocycles. The van der Waals surface area contributed by atoms with E-state index in [-0.39, 0.29) is 5.56 Å². The predicted octanol–water partition coefficient (Wildman–Crippen LogP) is 1.60. The van der Waals surface area contributed by atoms with Crippen molar-refractivity contribution in [3.8, 4) is 0 Å². The standard InChI is InChI=1S/C8H8BrN5OS2/c1-14(2)7-12-13-8(17-7)16-6-4(9)5(15)10-3-11-6/h3H,1-2H3,(H,10,11,15). The summed E-state index contributed by atoms with van der Waals surface area (Å²) < 4.78 is 1.15. The maximum Gasteiger partial charge on any atom is 0.266 e. The Morgan fingerprint density at radius 2 is 2.24 bits per heavy atom. The first-order chi connectivity index (χ1) is 8.08. The van der Waals surface area contributed by atoms with E-state index in [1.807, 2.05) is 19.0 Å². The Morgan fingerprint density at radius 3 is 2.88 bits per heavy atom. The SMILES string of the molecule is CN(C)c1nnc(Sc2nc[nH]c(=O)c2Br)s1. The van der Waals surface area contributed by atoms with Gasteiger partial charge in [-0.3, -0.25) is 4.79 Å². The summed E-state index contributed by atoms with van der Waals surface area (Å²) in [5.74, 6) is 0. The number of aromatic nitrogens is 4. The minimum absolute atomic E-state index is 0.208. The van der Waals surface area contributed by atoms with Crippen LogP contribution in [0.25, 0.3) is 0 Å². The average molecular weight is 334 g/mol. The van der Waals surface area contributed by atoms with Crippen molar-refractivity contribution in [1.29, 1.82) is 0 Å². The van der Waals surface area contributed by atoms with E-state index in [0.717, 1.165) is 9.47 Å². The van der Waals surface area contributed by atoms with Gasteiger partial charge in [0.15, 0.2) is 4.34 Å². The van der Waals surface area contributed by atoms with E-state index in [2.05, 4.69) is 36.1 Å². The highest BCUT2D eigenvalue weighted by molar-refractivity contribution is 9.10. The van der Waals surface area contributed by atoms with Crippen molar-refractivity contribution in [2.24, 2.45) is 0 Å². The van der Waals surface area contributed by atoms with Gasteiger partial charge in [-0.15, -0.1) is 10.2 Å². The molecule has 17 heavy (non-hydrogen) atoms. The third-order valence-electron chi connectivity index (χ3n) is 1.73. The van der Waals surface area contributed by atoms with Gasteiger partial charge in [-0.2, -0.15) is 0 Å². The van der Waals surface area contributed by atoms with E-state index in [1.54, 1.807) is 0 Å². The molecule has 2 heterocycles. The zero-order valence-electron chi connectivity index (χ0n) is 8.97. The number of aromatic amines is 1. The van der Waals surface area contributed by atoms with Gasteiger partial charge in [0.25, 0.3) is 5.56 Å². The highest BCUT2D eigenvalue weighted by Crippen LogP contribution is 2.33. The van der Waals surface area contributed by atoms with Gasteiger partial charge < -0.3 is 9.88 Å². The third kappa shape index (κ3) is 2.85. The molecule has 0 bridgehead atoms. The number of nitrogens with zero attached hydrogens (tertiary/aromatic N) is 4. The molecule has 0 amide bonds. The number of rotatable bonds is 3. The summed E-state index contributed by atoms with van der Waals surface area (Å²) in [5, 5.41) is 9.42. The minimum atomic E-state index is -0.208. The molecule has 2 aromatic heterocycles. The van der Waals surface area contributed by atoms with Crippen molar-refractivity contribution >= 4 is 44.2 Å². The lowest BCUT2D eigenvalue weighted by Crippen LogP contribution is -2.07. The third-order valence-corrected chi connectivity index (χ3v) is 4.87. The van der Waals surface area contributed by atoms with Gasteiger partial charge in [0.05, 0.1) is 6.33 Å². The largest absolute Gasteiger partial charge is 0.353 e. The first kappa shape index (κ1) is 12.5. The van der Waals surface area contributed by atoms with Crippen LogP contribution in [-0.4, -0.2) is 34.3 Å². The monoisotopic (exact) mass is 333 g/mol. The lowest BCUT2D eigenvalue weighted by atomic mass is 10.7. The Morgan fingerprint density at radius 1 is 1.47 bits per heavy atom. The van der Waals surface area contributed by atoms with E-state index in [9.17, 15) is 4.79 Å². The van der Waals surface area contributed by atoms with Crippen LogP contribution >= 0.6 is 39.0 Å². The lowest BCUT2D eigenvalue weighted by molar-refractivity contribution is 0.960. The van der Waals surface area contributed by atoms with Crippen LogP contribution in [0.5, 0.6) is 0 Å². The molecule has 0 atom stereocenters. The van der Waals surface area contributed by atoms with Gasteiger partial charge >= 0.3 is 0 Å². The molecule has 0 aromatic carbocycles. The second kappa shape index (κ2) is 5.15. The topological polar surface area (TPSA) is 74.8 Å². The van der Waals surface area contributed by atoms with Gasteiger partial charge in [0.2, 0.25) is 5.13 Å². The number of hydrogen-bond acceptors (Lipinski definition) is 7. The molecule has 0 saturated carbocycles. The molecule has 90 valence electrons. The lowest BCUT2D eigenvalue weighted by Gasteiger charge is -2.03. The fraction of sp³-hybridized carbons (Fsp3) is 0.250. The van der Waals surface area contributed by atoms with Crippen molar-refractivity contribution in [2.75, 3.05) is 19.0 Å². The molecule has 0 spiro atoms. The van der Waals surface area contributed by atoms with Crippen molar-refractivity contribution in [2.45, 2.75) is 9.37 Å². The number of hydrogen-bond donors (Lipinski definition) is 1. The number of nitrogens with one attached hydrogen (secondary N) is 1. The normalized spacial score (nSPS) is 10.5. The fourth-order valence-electron chi connectivity index (χ4n) is 0.945. The molecular weight excluding hydrogens is 326 g/mol. The van der Waals surface area contributed by atoms with Crippen LogP contribution in [-0.2, 0) is 0 Å². The molecule has 6 nitrogen and oxygen atoms in total.